The number of halogens is 1. The molecule has 0 saturated heterocycles. The van der Waals surface area contributed by atoms with Crippen LogP contribution in [0.2, 0.25) is 0 Å². The summed E-state index contributed by atoms with van der Waals surface area (Å²) in [7, 11) is 0. The van der Waals surface area contributed by atoms with E-state index in [0.29, 0.717) is 26.3 Å². The van der Waals surface area contributed by atoms with Gasteiger partial charge in [0.2, 0.25) is 5.91 Å². The van der Waals surface area contributed by atoms with Crippen molar-refractivity contribution in [1.29, 1.82) is 0 Å². The van der Waals surface area contributed by atoms with Crippen molar-refractivity contribution in [2.24, 2.45) is 5.73 Å². The molecule has 0 unspecified atom stereocenters. The fourth-order valence-electron chi connectivity index (χ4n) is 1.44. The molecule has 0 fully saturated rings. The number of carbonyl (C=O) groups is 1. The normalized spacial score (nSPS) is 10.3. The molecule has 0 spiro atoms. The molecular formula is C13H19FN2O2. The molecule has 0 saturated carbocycles. The number of benzene rings is 1. The molecule has 1 amide bonds. The summed E-state index contributed by atoms with van der Waals surface area (Å²) in [5.41, 5.74) is 6.07. The maximum Gasteiger partial charge on any atom is 0.224 e. The monoisotopic (exact) mass is 254 g/mol. The van der Waals surface area contributed by atoms with E-state index in [1.165, 1.54) is 12.1 Å². The third-order valence-corrected chi connectivity index (χ3v) is 2.33. The molecule has 0 aliphatic heterocycles. The second-order valence-electron chi connectivity index (χ2n) is 3.91. The van der Waals surface area contributed by atoms with Crippen LogP contribution in [0.1, 0.15) is 12.0 Å². The second kappa shape index (κ2) is 8.60. The van der Waals surface area contributed by atoms with E-state index in [0.717, 1.165) is 12.0 Å². The third kappa shape index (κ3) is 6.32. The van der Waals surface area contributed by atoms with Crippen LogP contribution >= 0.6 is 0 Å². The summed E-state index contributed by atoms with van der Waals surface area (Å²) in [4.78, 5) is 11.5. The van der Waals surface area contributed by atoms with Crippen LogP contribution in [0.15, 0.2) is 24.3 Å². The molecule has 4 nitrogen and oxygen atoms in total. The van der Waals surface area contributed by atoms with Crippen LogP contribution in [0.5, 0.6) is 0 Å². The summed E-state index contributed by atoms with van der Waals surface area (Å²) in [6.07, 6.45) is 1.03. The topological polar surface area (TPSA) is 64.3 Å². The first-order valence-electron chi connectivity index (χ1n) is 6.01. The van der Waals surface area contributed by atoms with Crippen LogP contribution < -0.4 is 11.1 Å². The van der Waals surface area contributed by atoms with Crippen molar-refractivity contribution < 1.29 is 13.9 Å². The van der Waals surface area contributed by atoms with Crippen LogP contribution in [0.25, 0.3) is 0 Å². The Bertz CT molecular complexity index is 355. The van der Waals surface area contributed by atoms with Crippen molar-refractivity contribution in [1.82, 2.24) is 5.32 Å². The Hall–Kier alpha value is -1.46. The Kier molecular flexibility index (Phi) is 6.98. The van der Waals surface area contributed by atoms with E-state index in [-0.39, 0.29) is 18.1 Å². The fourth-order valence-corrected chi connectivity index (χ4v) is 1.44. The fraction of sp³-hybridized carbons (Fsp3) is 0.462. The van der Waals surface area contributed by atoms with Gasteiger partial charge in [-0.25, -0.2) is 4.39 Å². The Morgan fingerprint density at radius 2 is 2.00 bits per heavy atom. The van der Waals surface area contributed by atoms with Crippen molar-refractivity contribution in [2.45, 2.75) is 12.8 Å². The molecule has 5 heteroatoms. The van der Waals surface area contributed by atoms with Crippen molar-refractivity contribution in [3.63, 3.8) is 0 Å². The molecule has 0 aromatic heterocycles. The van der Waals surface area contributed by atoms with Crippen molar-refractivity contribution in [3.05, 3.63) is 35.6 Å². The molecule has 0 atom stereocenters. The molecule has 0 aliphatic carbocycles. The lowest BCUT2D eigenvalue weighted by Crippen LogP contribution is -2.27. The average Bonchev–Trinajstić information content (AvgIpc) is 2.36. The minimum Gasteiger partial charge on any atom is -0.380 e. The molecule has 3 N–H and O–H groups in total. The maximum absolute atomic E-state index is 12.7. The highest BCUT2D eigenvalue weighted by atomic mass is 19.1. The minimum atomic E-state index is -0.295. The van der Waals surface area contributed by atoms with Gasteiger partial charge in [-0.2, -0.15) is 0 Å². The van der Waals surface area contributed by atoms with Gasteiger partial charge in [0.15, 0.2) is 0 Å². The predicted molar refractivity (Wildman–Crippen MR) is 67.6 cm³/mol. The van der Waals surface area contributed by atoms with Gasteiger partial charge < -0.3 is 15.8 Å². The molecule has 0 bridgehead atoms. The lowest BCUT2D eigenvalue weighted by molar-refractivity contribution is -0.120. The van der Waals surface area contributed by atoms with Gasteiger partial charge >= 0.3 is 0 Å². The summed E-state index contributed by atoms with van der Waals surface area (Å²) < 4.78 is 17.8. The highest BCUT2D eigenvalue weighted by molar-refractivity contribution is 5.78. The lowest BCUT2D eigenvalue weighted by atomic mass is 10.1. The first kappa shape index (κ1) is 14.6. The van der Waals surface area contributed by atoms with Gasteiger partial charge in [0.1, 0.15) is 5.82 Å². The third-order valence-electron chi connectivity index (χ3n) is 2.33. The SMILES string of the molecule is NCCOCCCNC(=O)Cc1ccc(F)cc1. The van der Waals surface area contributed by atoms with E-state index in [4.69, 9.17) is 10.5 Å². The van der Waals surface area contributed by atoms with Gasteiger partial charge in [-0.1, -0.05) is 12.1 Å². The van der Waals surface area contributed by atoms with Gasteiger partial charge in [-0.05, 0) is 24.1 Å². The lowest BCUT2D eigenvalue weighted by Gasteiger charge is -2.06. The zero-order valence-corrected chi connectivity index (χ0v) is 10.3. The Morgan fingerprint density at radius 3 is 2.67 bits per heavy atom. The average molecular weight is 254 g/mol. The van der Waals surface area contributed by atoms with Gasteiger partial charge in [0.05, 0.1) is 13.0 Å². The van der Waals surface area contributed by atoms with Gasteiger partial charge in [-0.15, -0.1) is 0 Å². The quantitative estimate of drug-likeness (QED) is 0.676. The van der Waals surface area contributed by atoms with E-state index in [1.807, 2.05) is 0 Å². The van der Waals surface area contributed by atoms with E-state index < -0.39 is 0 Å². The van der Waals surface area contributed by atoms with E-state index in [2.05, 4.69) is 5.32 Å². The molecule has 1 rings (SSSR count). The number of nitrogens with one attached hydrogen (secondary N) is 1. The van der Waals surface area contributed by atoms with Crippen LogP contribution in [-0.2, 0) is 16.0 Å². The zero-order chi connectivity index (χ0) is 13.2. The molecule has 0 heterocycles. The standard InChI is InChI=1S/C13H19FN2O2/c14-12-4-2-11(3-5-12)10-13(17)16-7-1-8-18-9-6-15/h2-5H,1,6-10,15H2,(H,16,17). The number of ether oxygens (including phenoxy) is 1. The molecule has 18 heavy (non-hydrogen) atoms. The summed E-state index contributed by atoms with van der Waals surface area (Å²) >= 11 is 0. The van der Waals surface area contributed by atoms with E-state index >= 15 is 0 Å². The van der Waals surface area contributed by atoms with Crippen LogP contribution in [0.4, 0.5) is 4.39 Å². The molecule has 1 aromatic rings. The minimum absolute atomic E-state index is 0.0690. The molecule has 100 valence electrons. The van der Waals surface area contributed by atoms with Crippen LogP contribution in [-0.4, -0.2) is 32.2 Å². The van der Waals surface area contributed by atoms with E-state index in [1.54, 1.807) is 12.1 Å². The second-order valence-corrected chi connectivity index (χ2v) is 3.91. The Balaban J connectivity index is 2.12. The van der Waals surface area contributed by atoms with Crippen LogP contribution in [0, 0.1) is 5.82 Å². The number of nitrogens with two attached hydrogens (primary N) is 1. The molecule has 0 aliphatic rings. The Labute approximate surface area is 106 Å². The van der Waals surface area contributed by atoms with Crippen molar-refractivity contribution in [3.8, 4) is 0 Å². The first-order valence-corrected chi connectivity index (χ1v) is 6.01. The number of amides is 1. The van der Waals surface area contributed by atoms with Gasteiger partial charge in [-0.3, -0.25) is 4.79 Å². The van der Waals surface area contributed by atoms with Crippen LogP contribution in [0.3, 0.4) is 0 Å². The number of hydrogen-bond donors (Lipinski definition) is 2. The van der Waals surface area contributed by atoms with E-state index in [9.17, 15) is 9.18 Å². The Morgan fingerprint density at radius 1 is 1.28 bits per heavy atom. The molecule has 0 radical (unpaired) electrons. The smallest absolute Gasteiger partial charge is 0.224 e. The largest absolute Gasteiger partial charge is 0.380 e. The summed E-state index contributed by atoms with van der Waals surface area (Å²) in [6.45, 7) is 2.22. The number of hydrogen-bond acceptors (Lipinski definition) is 3. The predicted octanol–water partition coefficient (Wildman–Crippen LogP) is 0.850. The molecular weight excluding hydrogens is 235 g/mol. The highest BCUT2D eigenvalue weighted by Gasteiger charge is 2.02. The molecule has 1 aromatic carbocycles. The highest BCUT2D eigenvalue weighted by Crippen LogP contribution is 2.03. The number of rotatable bonds is 8. The van der Waals surface area contributed by atoms with Crippen molar-refractivity contribution >= 4 is 5.91 Å². The van der Waals surface area contributed by atoms with Gasteiger partial charge in [0, 0.05) is 19.7 Å². The maximum atomic E-state index is 12.7. The first-order chi connectivity index (χ1) is 8.72. The van der Waals surface area contributed by atoms with Crippen molar-refractivity contribution in [2.75, 3.05) is 26.3 Å². The summed E-state index contributed by atoms with van der Waals surface area (Å²) in [5, 5.41) is 2.78. The van der Waals surface area contributed by atoms with Gasteiger partial charge in [0.25, 0.3) is 0 Å². The number of carbonyl (C=O) groups excluding carboxylic acids is 1. The zero-order valence-electron chi connectivity index (χ0n) is 10.3. The summed E-state index contributed by atoms with van der Waals surface area (Å²) in [5.74, 6) is -0.364. The summed E-state index contributed by atoms with van der Waals surface area (Å²) in [6, 6.07) is 5.92.